The summed E-state index contributed by atoms with van der Waals surface area (Å²) in [7, 11) is 0. The van der Waals surface area contributed by atoms with Crippen LogP contribution in [-0.4, -0.2) is 36.3 Å². The van der Waals surface area contributed by atoms with E-state index in [2.05, 4.69) is 10.5 Å². The molecular formula is C12H11F3N2O3S. The minimum absolute atomic E-state index is 0.0801. The minimum atomic E-state index is -5.04. The quantitative estimate of drug-likeness (QED) is 0.860. The number of carbonyl (C=O) groups excluding carboxylic acids is 2. The van der Waals surface area contributed by atoms with Crippen LogP contribution in [0, 0.1) is 0 Å². The molecule has 0 spiro atoms. The Morgan fingerprint density at radius 3 is 2.71 bits per heavy atom. The standard InChI is InChI=1S/C12H11F3N2O3S/c1-2-20-11(19)9-7(6-4-3-5-21-6)8(16-17-9)10(18)12(13,14)15/h3-5,7,9,17H,2H2,1H3/t7-,9-/m1/s1. The summed E-state index contributed by atoms with van der Waals surface area (Å²) in [5.74, 6) is -3.90. The molecule has 0 aromatic carbocycles. The molecule has 2 heterocycles. The molecule has 9 heteroatoms. The molecule has 0 amide bonds. The molecule has 0 unspecified atom stereocenters. The zero-order valence-corrected chi connectivity index (χ0v) is 11.6. The van der Waals surface area contributed by atoms with Crippen molar-refractivity contribution in [3.63, 3.8) is 0 Å². The number of carbonyl (C=O) groups is 2. The van der Waals surface area contributed by atoms with Crippen LogP contribution in [0.5, 0.6) is 0 Å². The van der Waals surface area contributed by atoms with Gasteiger partial charge in [-0.3, -0.25) is 10.2 Å². The third-order valence-corrected chi connectivity index (χ3v) is 3.79. The van der Waals surface area contributed by atoms with E-state index in [1.165, 1.54) is 0 Å². The van der Waals surface area contributed by atoms with Crippen molar-refractivity contribution in [3.05, 3.63) is 22.4 Å². The van der Waals surface area contributed by atoms with Crippen molar-refractivity contribution in [1.82, 2.24) is 5.43 Å². The Bertz CT molecular complexity index is 569. The maximum Gasteiger partial charge on any atom is 0.456 e. The fraction of sp³-hybridized carbons (Fsp3) is 0.417. The topological polar surface area (TPSA) is 67.8 Å². The lowest BCUT2D eigenvalue weighted by atomic mass is 9.91. The highest BCUT2D eigenvalue weighted by molar-refractivity contribution is 7.10. The monoisotopic (exact) mass is 320 g/mol. The summed E-state index contributed by atoms with van der Waals surface area (Å²) in [5.41, 5.74) is 1.56. The van der Waals surface area contributed by atoms with Gasteiger partial charge in [-0.15, -0.1) is 11.3 Å². The van der Waals surface area contributed by atoms with E-state index in [1.54, 1.807) is 24.4 Å². The maximum atomic E-state index is 12.6. The Hall–Kier alpha value is -1.90. The summed E-state index contributed by atoms with van der Waals surface area (Å²) in [6.45, 7) is 1.66. The van der Waals surface area contributed by atoms with E-state index in [1.807, 2.05) is 0 Å². The van der Waals surface area contributed by atoms with Crippen molar-refractivity contribution in [3.8, 4) is 0 Å². The van der Waals surface area contributed by atoms with Crippen molar-refractivity contribution >= 4 is 28.8 Å². The average Bonchev–Trinajstić information content (AvgIpc) is 3.05. The number of alkyl halides is 3. The lowest BCUT2D eigenvalue weighted by Gasteiger charge is -2.18. The normalized spacial score (nSPS) is 21.6. The van der Waals surface area contributed by atoms with Gasteiger partial charge in [-0.1, -0.05) is 6.07 Å². The van der Waals surface area contributed by atoms with Gasteiger partial charge in [-0.25, -0.2) is 4.79 Å². The van der Waals surface area contributed by atoms with Crippen LogP contribution in [0.3, 0.4) is 0 Å². The van der Waals surface area contributed by atoms with Gasteiger partial charge in [0.2, 0.25) is 0 Å². The average molecular weight is 320 g/mol. The highest BCUT2D eigenvalue weighted by atomic mass is 32.1. The summed E-state index contributed by atoms with van der Waals surface area (Å²) in [5, 5.41) is 5.07. The second kappa shape index (κ2) is 5.84. The number of rotatable bonds is 4. The number of nitrogens with one attached hydrogen (secondary N) is 1. The number of hydrogen-bond donors (Lipinski definition) is 1. The molecule has 0 radical (unpaired) electrons. The fourth-order valence-corrected chi connectivity index (χ4v) is 2.83. The number of nitrogens with zero attached hydrogens (tertiary/aromatic N) is 1. The molecule has 1 aromatic rings. The van der Waals surface area contributed by atoms with E-state index in [0.29, 0.717) is 4.88 Å². The molecule has 21 heavy (non-hydrogen) atoms. The molecule has 0 saturated carbocycles. The van der Waals surface area contributed by atoms with Crippen LogP contribution in [0.1, 0.15) is 17.7 Å². The van der Waals surface area contributed by atoms with E-state index in [4.69, 9.17) is 4.74 Å². The predicted octanol–water partition coefficient (Wildman–Crippen LogP) is 1.85. The zero-order chi connectivity index (χ0) is 15.6. The van der Waals surface area contributed by atoms with Gasteiger partial charge in [0.25, 0.3) is 5.78 Å². The van der Waals surface area contributed by atoms with E-state index < -0.39 is 35.6 Å². The van der Waals surface area contributed by atoms with Gasteiger partial charge in [-0.05, 0) is 18.4 Å². The molecule has 1 aliphatic rings. The van der Waals surface area contributed by atoms with Gasteiger partial charge in [0.1, 0.15) is 5.71 Å². The Morgan fingerprint density at radius 2 is 2.19 bits per heavy atom. The second-order valence-corrected chi connectivity index (χ2v) is 5.16. The molecule has 2 rings (SSSR count). The highest BCUT2D eigenvalue weighted by Gasteiger charge is 2.50. The molecule has 1 aromatic heterocycles. The number of hydrogen-bond acceptors (Lipinski definition) is 6. The van der Waals surface area contributed by atoms with Gasteiger partial charge in [0.05, 0.1) is 12.5 Å². The Labute approximate surface area is 121 Å². The first-order valence-corrected chi connectivity index (χ1v) is 6.89. The highest BCUT2D eigenvalue weighted by Crippen LogP contribution is 2.33. The molecule has 0 fully saturated rings. The van der Waals surface area contributed by atoms with Crippen molar-refractivity contribution in [2.75, 3.05) is 6.61 Å². The first-order valence-electron chi connectivity index (χ1n) is 6.01. The predicted molar refractivity (Wildman–Crippen MR) is 69.1 cm³/mol. The first kappa shape index (κ1) is 15.5. The van der Waals surface area contributed by atoms with Gasteiger partial charge >= 0.3 is 12.1 Å². The number of thiophene rings is 1. The first-order chi connectivity index (χ1) is 9.86. The van der Waals surface area contributed by atoms with Crippen molar-refractivity contribution < 1.29 is 27.5 Å². The number of halogens is 3. The summed E-state index contributed by atoms with van der Waals surface area (Å²) < 4.78 is 42.7. The van der Waals surface area contributed by atoms with Crippen LogP contribution in [0.4, 0.5) is 13.2 Å². The van der Waals surface area contributed by atoms with Gasteiger partial charge < -0.3 is 4.74 Å². The summed E-state index contributed by atoms with van der Waals surface area (Å²) in [6, 6.07) is 2.04. The SMILES string of the molecule is CCOC(=O)[C@@H]1NN=C(C(=O)C(F)(F)F)[C@H]1c1cccs1. The largest absolute Gasteiger partial charge is 0.464 e. The van der Waals surface area contributed by atoms with E-state index in [0.717, 1.165) is 11.3 Å². The second-order valence-electron chi connectivity index (χ2n) is 4.18. The molecule has 0 bridgehead atoms. The molecule has 1 N–H and O–H groups in total. The van der Waals surface area contributed by atoms with Gasteiger partial charge in [-0.2, -0.15) is 18.3 Å². The van der Waals surface area contributed by atoms with Crippen LogP contribution in [0.15, 0.2) is 22.6 Å². The van der Waals surface area contributed by atoms with E-state index in [-0.39, 0.29) is 6.61 Å². The Morgan fingerprint density at radius 1 is 1.48 bits per heavy atom. The number of hydrazone groups is 1. The van der Waals surface area contributed by atoms with Gasteiger partial charge in [0.15, 0.2) is 6.04 Å². The van der Waals surface area contributed by atoms with Crippen LogP contribution in [0.25, 0.3) is 0 Å². The van der Waals surface area contributed by atoms with Crippen molar-refractivity contribution in [2.24, 2.45) is 5.10 Å². The molecule has 2 atom stereocenters. The number of ketones is 1. The minimum Gasteiger partial charge on any atom is -0.464 e. The molecular weight excluding hydrogens is 309 g/mol. The maximum absolute atomic E-state index is 12.6. The van der Waals surface area contributed by atoms with E-state index in [9.17, 15) is 22.8 Å². The van der Waals surface area contributed by atoms with Crippen LogP contribution in [0.2, 0.25) is 0 Å². The number of ether oxygens (including phenoxy) is 1. The Balaban J connectivity index is 2.34. The fourth-order valence-electron chi connectivity index (χ4n) is 1.97. The molecule has 5 nitrogen and oxygen atoms in total. The number of Topliss-reactive ketones (excluding diaryl/α,β-unsaturated/α-hetero) is 1. The van der Waals surface area contributed by atoms with Gasteiger partial charge in [0, 0.05) is 4.88 Å². The zero-order valence-electron chi connectivity index (χ0n) is 10.8. The molecule has 0 aliphatic carbocycles. The smallest absolute Gasteiger partial charge is 0.456 e. The molecule has 114 valence electrons. The van der Waals surface area contributed by atoms with Crippen LogP contribution >= 0.6 is 11.3 Å². The van der Waals surface area contributed by atoms with E-state index >= 15 is 0 Å². The summed E-state index contributed by atoms with van der Waals surface area (Å²) in [4.78, 5) is 23.7. The van der Waals surface area contributed by atoms with Crippen molar-refractivity contribution in [2.45, 2.75) is 25.1 Å². The molecule has 1 aliphatic heterocycles. The Kier molecular flexibility index (Phi) is 4.31. The van der Waals surface area contributed by atoms with Crippen molar-refractivity contribution in [1.29, 1.82) is 0 Å². The summed E-state index contributed by atoms with van der Waals surface area (Å²) >= 11 is 1.14. The lowest BCUT2D eigenvalue weighted by Crippen LogP contribution is -2.40. The number of esters is 1. The third-order valence-electron chi connectivity index (χ3n) is 2.83. The third kappa shape index (κ3) is 3.07. The van der Waals surface area contributed by atoms with Crippen LogP contribution < -0.4 is 5.43 Å². The lowest BCUT2D eigenvalue weighted by molar-refractivity contribution is -0.163. The van der Waals surface area contributed by atoms with Crippen LogP contribution in [-0.2, 0) is 14.3 Å². The molecule has 0 saturated heterocycles. The summed E-state index contributed by atoms with van der Waals surface area (Å²) in [6.07, 6.45) is -5.04.